The highest BCUT2D eigenvalue weighted by Crippen LogP contribution is 2.23. The monoisotopic (exact) mass is 485 g/mol. The minimum absolute atomic E-state index is 0.124. The van der Waals surface area contributed by atoms with E-state index in [2.05, 4.69) is 15.3 Å². The van der Waals surface area contributed by atoms with Crippen molar-refractivity contribution >= 4 is 45.7 Å². The lowest BCUT2D eigenvalue weighted by Gasteiger charge is -2.07. The molecule has 0 radical (unpaired) electrons. The summed E-state index contributed by atoms with van der Waals surface area (Å²) in [6.07, 6.45) is 5.43. The van der Waals surface area contributed by atoms with Gasteiger partial charge in [0.25, 0.3) is 11.6 Å². The van der Waals surface area contributed by atoms with Gasteiger partial charge < -0.3 is 5.32 Å². The van der Waals surface area contributed by atoms with E-state index in [1.807, 2.05) is 57.6 Å². The van der Waals surface area contributed by atoms with Crippen LogP contribution in [-0.4, -0.2) is 25.2 Å². The smallest absolute Gasteiger partial charge is 0.270 e. The third-order valence-electron chi connectivity index (χ3n) is 4.08. The number of hydrogen-bond acceptors (Lipinski definition) is 5. The molecule has 4 aromatic rings. The molecule has 0 aliphatic carbocycles. The number of nitro benzene ring substituents is 1. The fourth-order valence-corrected chi connectivity index (χ4v) is 3.27. The van der Waals surface area contributed by atoms with Crippen LogP contribution >= 0.6 is 22.6 Å². The molecule has 4 rings (SSSR count). The molecule has 0 bridgehead atoms. The number of amides is 1. The number of nitro groups is 1. The van der Waals surface area contributed by atoms with Gasteiger partial charge in [-0.25, -0.2) is 9.97 Å². The Kier molecular flexibility index (Phi) is 4.74. The van der Waals surface area contributed by atoms with Crippen molar-refractivity contribution in [1.82, 2.24) is 14.4 Å². The second-order valence-electron chi connectivity index (χ2n) is 5.91. The van der Waals surface area contributed by atoms with Gasteiger partial charge >= 0.3 is 0 Å². The normalized spacial score (nSPS) is 10.8. The Balaban J connectivity index is 1.55. The van der Waals surface area contributed by atoms with E-state index < -0.39 is 10.8 Å². The lowest BCUT2D eigenvalue weighted by Crippen LogP contribution is -2.13. The van der Waals surface area contributed by atoms with Crippen LogP contribution in [0.4, 0.5) is 11.4 Å². The Bertz CT molecular complexity index is 1170. The van der Waals surface area contributed by atoms with Crippen LogP contribution in [-0.2, 0) is 0 Å². The number of aromatic nitrogens is 3. The van der Waals surface area contributed by atoms with Gasteiger partial charge in [0.15, 0.2) is 0 Å². The summed E-state index contributed by atoms with van der Waals surface area (Å²) in [5.74, 6) is 0.202. The first-order valence-corrected chi connectivity index (χ1v) is 9.24. The van der Waals surface area contributed by atoms with E-state index in [4.69, 9.17) is 0 Å². The minimum Gasteiger partial charge on any atom is -0.322 e. The number of hydrogen-bond donors (Lipinski definition) is 1. The van der Waals surface area contributed by atoms with Crippen LogP contribution in [0.25, 0.3) is 17.0 Å². The average Bonchev–Trinajstić information content (AvgIpc) is 3.13. The van der Waals surface area contributed by atoms with Crippen molar-refractivity contribution in [3.05, 3.63) is 86.4 Å². The van der Waals surface area contributed by atoms with Crippen LogP contribution in [0.2, 0.25) is 0 Å². The quantitative estimate of drug-likeness (QED) is 0.266. The molecule has 2 heterocycles. The van der Waals surface area contributed by atoms with Crippen LogP contribution < -0.4 is 5.32 Å². The van der Waals surface area contributed by atoms with Gasteiger partial charge in [-0.15, -0.1) is 0 Å². The zero-order chi connectivity index (χ0) is 19.7. The second-order valence-corrected chi connectivity index (χ2v) is 7.07. The maximum absolute atomic E-state index is 12.5. The predicted molar refractivity (Wildman–Crippen MR) is 112 cm³/mol. The number of halogens is 1. The fourth-order valence-electron chi connectivity index (χ4n) is 2.69. The van der Waals surface area contributed by atoms with Crippen molar-refractivity contribution in [1.29, 1.82) is 0 Å². The number of anilines is 1. The Morgan fingerprint density at radius 3 is 2.68 bits per heavy atom. The third-order valence-corrected chi connectivity index (χ3v) is 5.02. The molecule has 138 valence electrons. The molecule has 0 aliphatic heterocycles. The van der Waals surface area contributed by atoms with Crippen LogP contribution in [0.15, 0.2) is 67.1 Å². The lowest BCUT2D eigenvalue weighted by atomic mass is 10.1. The summed E-state index contributed by atoms with van der Waals surface area (Å²) in [6.45, 7) is 0. The number of carbonyl (C=O) groups excluding carboxylic acids is 1. The summed E-state index contributed by atoms with van der Waals surface area (Å²) in [5.41, 5.74) is 2.36. The summed E-state index contributed by atoms with van der Waals surface area (Å²) < 4.78 is 2.46. The van der Waals surface area contributed by atoms with Crippen LogP contribution in [0.3, 0.4) is 0 Å². The molecule has 9 heteroatoms. The van der Waals surface area contributed by atoms with Crippen molar-refractivity contribution in [2.45, 2.75) is 0 Å². The number of non-ortho nitro benzene ring substituents is 1. The Labute approximate surface area is 172 Å². The molecule has 0 unspecified atom stereocenters. The van der Waals surface area contributed by atoms with Crippen LogP contribution in [0.1, 0.15) is 10.4 Å². The molecule has 0 aliphatic rings. The van der Waals surface area contributed by atoms with Gasteiger partial charge in [0.2, 0.25) is 5.78 Å². The first-order chi connectivity index (χ1) is 13.5. The molecular weight excluding hydrogens is 473 g/mol. The highest BCUT2D eigenvalue weighted by atomic mass is 127. The fraction of sp³-hybridized carbons (Fsp3) is 0. The summed E-state index contributed by atoms with van der Waals surface area (Å²) in [6, 6.07) is 13.2. The van der Waals surface area contributed by atoms with Gasteiger partial charge in [-0.05, 0) is 46.9 Å². The van der Waals surface area contributed by atoms with Gasteiger partial charge in [0, 0.05) is 45.5 Å². The molecule has 0 atom stereocenters. The van der Waals surface area contributed by atoms with E-state index in [-0.39, 0.29) is 11.3 Å². The highest BCUT2D eigenvalue weighted by molar-refractivity contribution is 14.1. The predicted octanol–water partition coefficient (Wildman–Crippen LogP) is 4.16. The Morgan fingerprint density at radius 1 is 1.18 bits per heavy atom. The molecule has 0 fully saturated rings. The first kappa shape index (κ1) is 18.0. The van der Waals surface area contributed by atoms with Gasteiger partial charge in [-0.3, -0.25) is 19.3 Å². The summed E-state index contributed by atoms with van der Waals surface area (Å²) in [4.78, 5) is 31.6. The average molecular weight is 485 g/mol. The molecule has 0 spiro atoms. The Morgan fingerprint density at radius 2 is 1.96 bits per heavy atom. The van der Waals surface area contributed by atoms with Crippen molar-refractivity contribution in [3.8, 4) is 11.3 Å². The van der Waals surface area contributed by atoms with Crippen LogP contribution in [0.5, 0.6) is 0 Å². The second kappa shape index (κ2) is 7.35. The van der Waals surface area contributed by atoms with E-state index in [0.29, 0.717) is 15.0 Å². The molecule has 8 nitrogen and oxygen atoms in total. The lowest BCUT2D eigenvalue weighted by molar-refractivity contribution is -0.384. The van der Waals surface area contributed by atoms with Gasteiger partial charge in [0.05, 0.1) is 16.2 Å². The Hall–Kier alpha value is -3.34. The maximum Gasteiger partial charge on any atom is 0.270 e. The first-order valence-electron chi connectivity index (χ1n) is 8.17. The number of nitrogens with zero attached hydrogens (tertiary/aromatic N) is 4. The van der Waals surface area contributed by atoms with Crippen molar-refractivity contribution < 1.29 is 9.72 Å². The standard InChI is InChI=1S/C19H12IN5O3/c20-16-7-6-14(25(27)28)10-15(16)18(26)22-13-4-2-12(3-5-13)17-11-24-9-1-8-21-19(24)23-17/h1-11H,(H,22,26). The number of carbonyl (C=O) groups is 1. The van der Waals surface area contributed by atoms with Crippen molar-refractivity contribution in [2.24, 2.45) is 0 Å². The van der Waals surface area contributed by atoms with Gasteiger partial charge in [-0.1, -0.05) is 12.1 Å². The van der Waals surface area contributed by atoms with Crippen molar-refractivity contribution in [2.75, 3.05) is 5.32 Å². The molecule has 2 aromatic carbocycles. The zero-order valence-electron chi connectivity index (χ0n) is 14.2. The number of benzene rings is 2. The molecule has 1 amide bonds. The molecule has 2 aromatic heterocycles. The SMILES string of the molecule is O=C(Nc1ccc(-c2cn3cccnc3n2)cc1)c1cc([N+](=O)[O-])ccc1I. The molecule has 0 saturated carbocycles. The van der Waals surface area contributed by atoms with E-state index in [1.54, 1.807) is 24.4 Å². The van der Waals surface area contributed by atoms with Crippen LogP contribution in [0, 0.1) is 13.7 Å². The zero-order valence-corrected chi connectivity index (χ0v) is 16.4. The van der Waals surface area contributed by atoms with E-state index >= 15 is 0 Å². The third kappa shape index (κ3) is 3.56. The number of imidazole rings is 1. The minimum atomic E-state index is -0.522. The van der Waals surface area contributed by atoms with E-state index in [9.17, 15) is 14.9 Å². The largest absolute Gasteiger partial charge is 0.322 e. The summed E-state index contributed by atoms with van der Waals surface area (Å²) >= 11 is 1.98. The maximum atomic E-state index is 12.5. The van der Waals surface area contributed by atoms with Crippen molar-refractivity contribution in [3.63, 3.8) is 0 Å². The number of nitrogens with one attached hydrogen (secondary N) is 1. The van der Waals surface area contributed by atoms with E-state index in [1.165, 1.54) is 12.1 Å². The highest BCUT2D eigenvalue weighted by Gasteiger charge is 2.16. The number of rotatable bonds is 4. The van der Waals surface area contributed by atoms with E-state index in [0.717, 1.165) is 11.3 Å². The van der Waals surface area contributed by atoms with Gasteiger partial charge in [-0.2, -0.15) is 0 Å². The van der Waals surface area contributed by atoms with Gasteiger partial charge in [0.1, 0.15) is 0 Å². The molecular formula is C19H12IN5O3. The topological polar surface area (TPSA) is 102 Å². The summed E-state index contributed by atoms with van der Waals surface area (Å²) in [5, 5.41) is 13.7. The molecule has 0 saturated heterocycles. The molecule has 1 N–H and O–H groups in total. The summed E-state index contributed by atoms with van der Waals surface area (Å²) in [7, 11) is 0. The number of fused-ring (bicyclic) bond motifs is 1. The molecule has 28 heavy (non-hydrogen) atoms.